The first kappa shape index (κ1) is 8.82. The van der Waals surface area contributed by atoms with Crippen molar-refractivity contribution in [1.29, 1.82) is 0 Å². The predicted octanol–water partition coefficient (Wildman–Crippen LogP) is 1.95. The fourth-order valence-corrected chi connectivity index (χ4v) is 0.608. The van der Waals surface area contributed by atoms with Crippen LogP contribution in [-0.4, -0.2) is 0 Å². The van der Waals surface area contributed by atoms with Gasteiger partial charge in [-0.25, -0.2) is 0 Å². The maximum absolute atomic E-state index is 4.60. The van der Waals surface area contributed by atoms with E-state index in [0.29, 0.717) is 0 Å². The summed E-state index contributed by atoms with van der Waals surface area (Å²) in [5, 5.41) is 0. The van der Waals surface area contributed by atoms with Gasteiger partial charge in [-0.15, -0.1) is 12.4 Å². The molecule has 0 spiro atoms. The van der Waals surface area contributed by atoms with Crippen molar-refractivity contribution >= 4 is 12.4 Å². The Morgan fingerprint density at radius 3 is 2.00 bits per heavy atom. The van der Waals surface area contributed by atoms with Gasteiger partial charge in [-0.2, -0.15) is 0 Å². The minimum atomic E-state index is 0. The molecule has 1 nitrogen and oxygen atoms in total. The molecule has 0 heterocycles. The fraction of sp³-hybridized carbons (Fsp3) is 0. The van der Waals surface area contributed by atoms with Gasteiger partial charge in [-0.05, 0) is 0 Å². The van der Waals surface area contributed by atoms with Gasteiger partial charge in [-0.1, -0.05) is 0 Å². The van der Waals surface area contributed by atoms with Crippen LogP contribution >= 0.6 is 12.4 Å². The van der Waals surface area contributed by atoms with Gasteiger partial charge in [0, 0.05) is 0 Å². The Hall–Kier alpha value is -0.184. The topological polar surface area (TPSA) is 9.23 Å². The molecular weight excluding hydrogens is 182 g/mol. The molecule has 0 N–H and O–H groups in total. The van der Waals surface area contributed by atoms with Gasteiger partial charge in [0.1, 0.15) is 0 Å². The summed E-state index contributed by atoms with van der Waals surface area (Å²) in [7, 11) is 0. The molecule has 0 saturated carbocycles. The minimum absolute atomic E-state index is 0. The molecule has 1 aromatic carbocycles. The summed E-state index contributed by atoms with van der Waals surface area (Å²) in [5.41, 5.74) is 0. The predicted molar refractivity (Wildman–Crippen MR) is 34.3 cm³/mol. The third-order valence-electron chi connectivity index (χ3n) is 0.822. The fourth-order valence-electron chi connectivity index (χ4n) is 0.466. The average molecular weight is 188 g/mol. The van der Waals surface area contributed by atoms with E-state index in [2.05, 4.69) is 19.9 Å². The second-order valence-electron chi connectivity index (χ2n) is 1.38. The van der Waals surface area contributed by atoms with Crippen LogP contribution in [0, 0.1) is 0 Å². The van der Waals surface area contributed by atoms with Gasteiger partial charge in [0.25, 0.3) is 0 Å². The zero-order valence-electron chi connectivity index (χ0n) is 4.54. The normalized spacial score (nSPS) is 7.78. The maximum atomic E-state index is 4.60. The molecular formula is C6H6ClCoO. The summed E-state index contributed by atoms with van der Waals surface area (Å²) in [5.74, 6) is 0.771. The van der Waals surface area contributed by atoms with Gasteiger partial charge >= 0.3 is 56.0 Å². The molecule has 0 saturated heterocycles. The molecule has 1 aromatic rings. The van der Waals surface area contributed by atoms with Crippen LogP contribution < -0.4 is 3.85 Å². The summed E-state index contributed by atoms with van der Waals surface area (Å²) in [6, 6.07) is 9.39. The van der Waals surface area contributed by atoms with Crippen molar-refractivity contribution in [3.63, 3.8) is 0 Å². The number of hydrogen-bond acceptors (Lipinski definition) is 1. The van der Waals surface area contributed by atoms with Crippen LogP contribution in [-0.2, 0) is 16.1 Å². The van der Waals surface area contributed by atoms with Crippen LogP contribution in [0.3, 0.4) is 0 Å². The number of benzene rings is 1. The van der Waals surface area contributed by atoms with Gasteiger partial charge in [0.2, 0.25) is 0 Å². The summed E-state index contributed by atoms with van der Waals surface area (Å²) in [4.78, 5) is 0. The molecule has 0 aliphatic rings. The molecule has 3 heteroatoms. The molecule has 0 radical (unpaired) electrons. The summed E-state index contributed by atoms with van der Waals surface area (Å²) < 4.78 is 4.60. The molecule has 0 fully saturated rings. The number of rotatable bonds is 1. The van der Waals surface area contributed by atoms with Crippen molar-refractivity contribution in [2.45, 2.75) is 0 Å². The third-order valence-corrected chi connectivity index (χ3v) is 1.07. The van der Waals surface area contributed by atoms with Crippen molar-refractivity contribution in [1.82, 2.24) is 0 Å². The van der Waals surface area contributed by atoms with E-state index in [1.165, 1.54) is 0 Å². The van der Waals surface area contributed by atoms with Crippen molar-refractivity contribution in [3.8, 4) is 5.75 Å². The first-order chi connectivity index (χ1) is 3.93. The summed E-state index contributed by atoms with van der Waals surface area (Å²) in [6.45, 7) is 0. The molecule has 0 aromatic heterocycles. The second kappa shape index (κ2) is 4.67. The molecule has 0 amide bonds. The van der Waals surface area contributed by atoms with E-state index in [9.17, 15) is 0 Å². The molecule has 9 heavy (non-hydrogen) atoms. The van der Waals surface area contributed by atoms with E-state index < -0.39 is 0 Å². The van der Waals surface area contributed by atoms with Crippen molar-refractivity contribution in [2.24, 2.45) is 0 Å². The van der Waals surface area contributed by atoms with Crippen LogP contribution in [0.5, 0.6) is 5.75 Å². The molecule has 0 aliphatic heterocycles. The Morgan fingerprint density at radius 2 is 1.67 bits per heavy atom. The van der Waals surface area contributed by atoms with Crippen LogP contribution in [0.2, 0.25) is 0 Å². The van der Waals surface area contributed by atoms with E-state index in [-0.39, 0.29) is 12.4 Å². The number of halogens is 1. The summed E-state index contributed by atoms with van der Waals surface area (Å²) in [6.07, 6.45) is 0. The average Bonchev–Trinajstić information content (AvgIpc) is 1.90. The monoisotopic (exact) mass is 188 g/mol. The third kappa shape index (κ3) is 2.74. The Morgan fingerprint density at radius 1 is 1.11 bits per heavy atom. The molecule has 1 rings (SSSR count). The number of para-hydroxylation sites is 1. The SMILES string of the molecule is Cl.[Co][O]c1ccccc1. The molecule has 0 unspecified atom stereocenters. The quantitative estimate of drug-likeness (QED) is 0.655. The van der Waals surface area contributed by atoms with Gasteiger partial charge in [-0.3, -0.25) is 0 Å². The van der Waals surface area contributed by atoms with Gasteiger partial charge in [0.05, 0.1) is 0 Å². The van der Waals surface area contributed by atoms with Crippen LogP contribution in [0.1, 0.15) is 0 Å². The Bertz CT molecular complexity index is 154. The number of hydrogen-bond donors (Lipinski definition) is 0. The van der Waals surface area contributed by atoms with Crippen molar-refractivity contribution < 1.29 is 19.9 Å². The Labute approximate surface area is 68.7 Å². The summed E-state index contributed by atoms with van der Waals surface area (Å²) >= 11 is 3.65. The van der Waals surface area contributed by atoms with Gasteiger partial charge in [0.15, 0.2) is 0 Å². The molecule has 0 atom stereocenters. The first-order valence-electron chi connectivity index (χ1n) is 2.25. The molecule has 52 valence electrons. The zero-order valence-corrected chi connectivity index (χ0v) is 6.39. The second-order valence-corrected chi connectivity index (χ2v) is 1.59. The van der Waals surface area contributed by atoms with Crippen molar-refractivity contribution in [3.05, 3.63) is 30.3 Å². The first-order valence-corrected chi connectivity index (χ1v) is 2.68. The van der Waals surface area contributed by atoms with E-state index in [0.717, 1.165) is 5.75 Å². The van der Waals surface area contributed by atoms with Crippen LogP contribution in [0.4, 0.5) is 0 Å². The Balaban J connectivity index is 0.000000640. The van der Waals surface area contributed by atoms with Crippen LogP contribution in [0.15, 0.2) is 30.3 Å². The Kier molecular flexibility index (Phi) is 4.58. The van der Waals surface area contributed by atoms with Crippen LogP contribution in [0.25, 0.3) is 0 Å². The molecule has 0 bridgehead atoms. The van der Waals surface area contributed by atoms with E-state index in [1.807, 2.05) is 30.3 Å². The van der Waals surface area contributed by atoms with E-state index >= 15 is 0 Å². The van der Waals surface area contributed by atoms with E-state index in [1.54, 1.807) is 0 Å². The standard InChI is InChI=1S/C6H6O.ClH.Co/c7-6-4-2-1-3-5-6;;/h1-5,7H;1H;/q;;+1/p-1. The van der Waals surface area contributed by atoms with Crippen molar-refractivity contribution in [2.75, 3.05) is 0 Å². The van der Waals surface area contributed by atoms with Gasteiger partial charge < -0.3 is 0 Å². The molecule has 0 aliphatic carbocycles. The van der Waals surface area contributed by atoms with E-state index in [4.69, 9.17) is 0 Å². The zero-order chi connectivity index (χ0) is 5.82.